The van der Waals surface area contributed by atoms with Crippen molar-refractivity contribution in [1.82, 2.24) is 4.98 Å². The first-order chi connectivity index (χ1) is 16.9. The lowest BCUT2D eigenvalue weighted by molar-refractivity contribution is 0.399. The van der Waals surface area contributed by atoms with Crippen LogP contribution in [0, 0.1) is 0 Å². The summed E-state index contributed by atoms with van der Waals surface area (Å²) in [5.74, 6) is 1.05. The Balaban J connectivity index is 1.80. The van der Waals surface area contributed by atoms with E-state index in [0.29, 0.717) is 28.0 Å². The normalized spacial score (nSPS) is 16.5. The van der Waals surface area contributed by atoms with Crippen LogP contribution in [-0.2, 0) is 10.1 Å². The Bertz CT molecular complexity index is 1520. The molecule has 0 aliphatic heterocycles. The van der Waals surface area contributed by atoms with Crippen LogP contribution in [0.25, 0.3) is 27.7 Å². The van der Waals surface area contributed by atoms with Gasteiger partial charge in [-0.05, 0) is 36.9 Å². The largest absolute Gasteiger partial charge is 0.495 e. The van der Waals surface area contributed by atoms with Gasteiger partial charge in [-0.25, -0.2) is 4.98 Å². The van der Waals surface area contributed by atoms with Gasteiger partial charge in [-0.2, -0.15) is 8.42 Å². The van der Waals surface area contributed by atoms with E-state index in [1.165, 1.54) is 13.2 Å². The molecule has 180 valence electrons. The number of methoxy groups -OCH3 is 1. The van der Waals surface area contributed by atoms with Crippen molar-refractivity contribution in [3.63, 3.8) is 0 Å². The molecule has 0 spiro atoms. The van der Waals surface area contributed by atoms with Crippen LogP contribution in [0.4, 0.5) is 0 Å². The van der Waals surface area contributed by atoms with Crippen LogP contribution in [-0.4, -0.2) is 37.3 Å². The van der Waals surface area contributed by atoms with Crippen molar-refractivity contribution in [2.75, 3.05) is 13.7 Å². The number of oxazole rings is 1. The molecule has 0 bridgehead atoms. The van der Waals surface area contributed by atoms with Gasteiger partial charge in [0.2, 0.25) is 5.89 Å². The van der Waals surface area contributed by atoms with Gasteiger partial charge in [0, 0.05) is 28.6 Å². The van der Waals surface area contributed by atoms with E-state index in [0.717, 1.165) is 29.8 Å². The zero-order valence-corrected chi connectivity index (χ0v) is 20.5. The number of aromatic nitrogens is 1. The summed E-state index contributed by atoms with van der Waals surface area (Å²) in [5.41, 5.74) is 3.33. The first kappa shape index (κ1) is 24.4. The van der Waals surface area contributed by atoms with E-state index < -0.39 is 10.1 Å². The predicted molar refractivity (Wildman–Crippen MR) is 138 cm³/mol. The van der Waals surface area contributed by atoms with Crippen LogP contribution >= 0.6 is 0 Å². The minimum Gasteiger partial charge on any atom is -0.495 e. The molecule has 0 fully saturated rings. The minimum absolute atomic E-state index is 0.0763. The molecule has 1 N–H and O–H groups in total. The number of allylic oxidation sites excluding steroid dienone is 8. The van der Waals surface area contributed by atoms with Crippen molar-refractivity contribution >= 4 is 32.2 Å². The van der Waals surface area contributed by atoms with Crippen LogP contribution in [0.1, 0.15) is 26.2 Å². The fourth-order valence-corrected chi connectivity index (χ4v) is 4.78. The maximum atomic E-state index is 12.0. The van der Waals surface area contributed by atoms with Gasteiger partial charge in [-0.3, -0.25) is 9.55 Å². The molecule has 0 saturated carbocycles. The van der Waals surface area contributed by atoms with Crippen molar-refractivity contribution in [1.29, 1.82) is 0 Å². The van der Waals surface area contributed by atoms with Gasteiger partial charge in [-0.15, -0.1) is 0 Å². The minimum atomic E-state index is -4.49. The van der Waals surface area contributed by atoms with Crippen molar-refractivity contribution in [2.45, 2.75) is 25.2 Å². The highest BCUT2D eigenvalue weighted by Gasteiger charge is 2.21. The molecule has 1 aliphatic rings. The average Bonchev–Trinajstić information content (AvgIpc) is 3.34. The molecule has 0 radical (unpaired) electrons. The third kappa shape index (κ3) is 5.03. The Kier molecular flexibility index (Phi) is 7.14. The number of aliphatic imine (C=N–C) groups is 1. The van der Waals surface area contributed by atoms with Crippen LogP contribution < -0.4 is 4.74 Å². The summed E-state index contributed by atoms with van der Waals surface area (Å²) >= 11 is 0. The number of rotatable bonds is 7. The molecule has 35 heavy (non-hydrogen) atoms. The summed E-state index contributed by atoms with van der Waals surface area (Å²) in [6.45, 7) is 4.74. The molecule has 2 aromatic carbocycles. The Morgan fingerprint density at radius 2 is 2.00 bits per heavy atom. The first-order valence-electron chi connectivity index (χ1n) is 11.2. The number of hydrogen-bond acceptors (Lipinski definition) is 6. The van der Waals surface area contributed by atoms with E-state index in [1.54, 1.807) is 30.5 Å². The molecule has 0 atom stereocenters. The van der Waals surface area contributed by atoms with Crippen LogP contribution in [0.5, 0.6) is 5.75 Å². The highest BCUT2D eigenvalue weighted by atomic mass is 32.2. The van der Waals surface area contributed by atoms with Crippen LogP contribution in [0.3, 0.4) is 0 Å². The summed E-state index contributed by atoms with van der Waals surface area (Å²) < 4.78 is 45.0. The zero-order valence-electron chi connectivity index (χ0n) is 19.7. The first-order valence-corrected chi connectivity index (χ1v) is 12.6. The highest BCUT2D eigenvalue weighted by Crippen LogP contribution is 2.35. The lowest BCUT2D eigenvalue weighted by Gasteiger charge is -2.11. The maximum absolute atomic E-state index is 12.0. The van der Waals surface area contributed by atoms with Gasteiger partial charge in [-0.1, -0.05) is 55.5 Å². The summed E-state index contributed by atoms with van der Waals surface area (Å²) in [6.07, 6.45) is 14.3. The fraction of sp³-hybridized carbons (Fsp3) is 0.185. The van der Waals surface area contributed by atoms with Gasteiger partial charge < -0.3 is 9.15 Å². The molecular weight excluding hydrogens is 464 g/mol. The predicted octanol–water partition coefficient (Wildman–Crippen LogP) is 6.06. The molecule has 1 heterocycles. The van der Waals surface area contributed by atoms with Crippen LogP contribution in [0.15, 0.2) is 92.9 Å². The number of fused-ring (bicyclic) bond motifs is 1. The van der Waals surface area contributed by atoms with E-state index in [2.05, 4.69) is 11.9 Å². The lowest BCUT2D eigenvalue weighted by Crippen LogP contribution is -2.04. The topological polar surface area (TPSA) is 102 Å². The second-order valence-corrected chi connectivity index (χ2v) is 9.21. The molecule has 1 aromatic heterocycles. The third-order valence-electron chi connectivity index (χ3n) is 5.47. The quantitative estimate of drug-likeness (QED) is 0.404. The number of hydrogen-bond donors (Lipinski definition) is 1. The van der Waals surface area contributed by atoms with Crippen molar-refractivity contribution in [3.8, 4) is 17.1 Å². The van der Waals surface area contributed by atoms with Gasteiger partial charge in [0.1, 0.15) is 10.6 Å². The molecule has 8 heteroatoms. The molecular formula is C27H26N2O5S. The van der Waals surface area contributed by atoms with E-state index in [-0.39, 0.29) is 10.6 Å². The van der Waals surface area contributed by atoms with Gasteiger partial charge in [0.25, 0.3) is 10.1 Å². The summed E-state index contributed by atoms with van der Waals surface area (Å²) in [4.78, 5) is 8.95. The zero-order chi connectivity index (χ0) is 25.0. The van der Waals surface area contributed by atoms with E-state index in [1.807, 2.05) is 43.4 Å². The monoisotopic (exact) mass is 490 g/mol. The summed E-state index contributed by atoms with van der Waals surface area (Å²) in [5, 5.41) is 0.957. The number of nitrogens with zero attached hydrogens (tertiary/aromatic N) is 2. The third-order valence-corrected chi connectivity index (χ3v) is 6.40. The Labute approximate surface area is 204 Å². The van der Waals surface area contributed by atoms with E-state index in [9.17, 15) is 13.0 Å². The lowest BCUT2D eigenvalue weighted by atomic mass is 9.98. The highest BCUT2D eigenvalue weighted by molar-refractivity contribution is 7.86. The van der Waals surface area contributed by atoms with Gasteiger partial charge >= 0.3 is 0 Å². The molecule has 7 nitrogen and oxygen atoms in total. The van der Waals surface area contributed by atoms with Gasteiger partial charge in [0.05, 0.1) is 19.0 Å². The second kappa shape index (κ2) is 10.2. The van der Waals surface area contributed by atoms with Crippen LogP contribution in [0.2, 0.25) is 0 Å². The smallest absolute Gasteiger partial charge is 0.298 e. The number of ether oxygens (including phenoxy) is 1. The Morgan fingerprint density at radius 3 is 2.71 bits per heavy atom. The SMILES string of the molecule is C/C=C\C(=C1\C=CC=CC1=NCCC)c1ncc(-c2ccc3c(S(=O)(=O)O)c(OC)ccc3c2)o1. The molecule has 0 saturated heterocycles. The van der Waals surface area contributed by atoms with E-state index in [4.69, 9.17) is 14.1 Å². The fourth-order valence-electron chi connectivity index (χ4n) is 3.91. The second-order valence-electron chi connectivity index (χ2n) is 7.85. The molecule has 4 rings (SSSR count). The van der Waals surface area contributed by atoms with Crippen molar-refractivity contribution in [2.24, 2.45) is 4.99 Å². The Hall–Kier alpha value is -3.75. The van der Waals surface area contributed by atoms with E-state index >= 15 is 0 Å². The molecule has 1 aliphatic carbocycles. The standard InChI is InChI=1S/C27H26N2O5S/c1-4-8-22(21-9-6-7-10-23(21)28-15-5-2)27-29-17-25(34-27)19-11-13-20-18(16-19)12-14-24(33-3)26(20)35(30,31)32/h4,6-14,16-17H,5,15H2,1-3H3,(H,30,31,32)/b8-4-,22-21+,28-23?. The summed E-state index contributed by atoms with van der Waals surface area (Å²) in [7, 11) is -3.13. The average molecular weight is 491 g/mol. The molecule has 0 amide bonds. The molecule has 0 unspecified atom stereocenters. The molecule has 3 aromatic rings. The van der Waals surface area contributed by atoms with Crippen molar-refractivity contribution < 1.29 is 22.1 Å². The summed E-state index contributed by atoms with van der Waals surface area (Å²) in [6, 6.07) is 8.37. The Morgan fingerprint density at radius 1 is 1.20 bits per heavy atom. The van der Waals surface area contributed by atoms with Crippen molar-refractivity contribution in [3.05, 3.63) is 84.4 Å². The number of benzene rings is 2. The van der Waals surface area contributed by atoms with Gasteiger partial charge in [0.15, 0.2) is 5.76 Å². The maximum Gasteiger partial charge on any atom is 0.298 e.